The first kappa shape index (κ1) is 23.5. The number of benzene rings is 2. The van der Waals surface area contributed by atoms with Crippen LogP contribution in [0.2, 0.25) is 0 Å². The van der Waals surface area contributed by atoms with Gasteiger partial charge in [-0.15, -0.1) is 0 Å². The van der Waals surface area contributed by atoms with Crippen molar-refractivity contribution in [3.63, 3.8) is 0 Å². The maximum absolute atomic E-state index is 13.2. The van der Waals surface area contributed by atoms with Crippen molar-refractivity contribution in [2.24, 2.45) is 0 Å². The number of aryl methyl sites for hydroxylation is 2. The molecular weight excluding hydrogens is 376 g/mol. The maximum Gasteiger partial charge on any atom is 0.261 e. The molecule has 5 nitrogen and oxygen atoms in total. The highest BCUT2D eigenvalue weighted by atomic mass is 16.5. The molecule has 0 heterocycles. The van der Waals surface area contributed by atoms with Gasteiger partial charge in [0.05, 0.1) is 0 Å². The first-order valence-electron chi connectivity index (χ1n) is 10.5. The molecule has 162 valence electrons. The summed E-state index contributed by atoms with van der Waals surface area (Å²) in [5.41, 5.74) is 2.79. The minimum atomic E-state index is -0.571. The number of carbonyl (C=O) groups excluding carboxylic acids is 2. The van der Waals surface area contributed by atoms with Crippen molar-refractivity contribution in [2.75, 3.05) is 6.61 Å². The number of nitrogens with zero attached hydrogens (tertiary/aromatic N) is 1. The van der Waals surface area contributed by atoms with E-state index in [0.29, 0.717) is 18.7 Å². The number of ether oxygens (including phenoxy) is 1. The summed E-state index contributed by atoms with van der Waals surface area (Å²) in [7, 11) is 0. The number of hydrogen-bond donors (Lipinski definition) is 1. The lowest BCUT2D eigenvalue weighted by atomic mass is 10.1. The molecule has 0 fully saturated rings. The summed E-state index contributed by atoms with van der Waals surface area (Å²) in [4.78, 5) is 27.8. The number of amides is 2. The van der Waals surface area contributed by atoms with Crippen molar-refractivity contribution in [3.8, 4) is 5.75 Å². The van der Waals surface area contributed by atoms with E-state index in [4.69, 9.17) is 4.74 Å². The van der Waals surface area contributed by atoms with Crippen LogP contribution in [0.4, 0.5) is 0 Å². The van der Waals surface area contributed by atoms with Crippen LogP contribution in [0.25, 0.3) is 0 Å². The number of hydrogen-bond acceptors (Lipinski definition) is 3. The molecule has 2 aromatic carbocycles. The van der Waals surface area contributed by atoms with Gasteiger partial charge in [0.2, 0.25) is 5.91 Å². The molecule has 0 aliphatic carbocycles. The molecule has 0 aliphatic rings. The van der Waals surface area contributed by atoms with Crippen molar-refractivity contribution >= 4 is 11.8 Å². The molecule has 1 N–H and O–H groups in total. The Balaban J connectivity index is 2.24. The predicted molar refractivity (Wildman–Crippen MR) is 120 cm³/mol. The van der Waals surface area contributed by atoms with Gasteiger partial charge in [-0.3, -0.25) is 9.59 Å². The molecule has 1 unspecified atom stereocenters. The van der Waals surface area contributed by atoms with Crippen LogP contribution in [0.1, 0.15) is 50.8 Å². The average molecular weight is 411 g/mol. The van der Waals surface area contributed by atoms with Crippen LogP contribution < -0.4 is 10.1 Å². The van der Waals surface area contributed by atoms with Crippen LogP contribution in [0.15, 0.2) is 48.5 Å². The smallest absolute Gasteiger partial charge is 0.261 e. The van der Waals surface area contributed by atoms with E-state index in [1.54, 1.807) is 4.90 Å². The predicted octanol–water partition coefficient (Wildman–Crippen LogP) is 4.40. The lowest BCUT2D eigenvalue weighted by Gasteiger charge is -2.33. The molecule has 5 heteroatoms. The SMILES string of the molecule is CCC(C(=O)NC(C)(C)C)N(Cc1cccc(C)c1)C(=O)COc1cccc(C)c1. The zero-order chi connectivity index (χ0) is 22.3. The topological polar surface area (TPSA) is 58.6 Å². The van der Waals surface area contributed by atoms with Crippen LogP contribution in [0.3, 0.4) is 0 Å². The Morgan fingerprint density at radius 3 is 2.23 bits per heavy atom. The van der Waals surface area contributed by atoms with Crippen molar-refractivity contribution in [2.45, 2.75) is 66.1 Å². The Labute approximate surface area is 180 Å². The minimum Gasteiger partial charge on any atom is -0.484 e. The van der Waals surface area contributed by atoms with Crippen LogP contribution >= 0.6 is 0 Å². The highest BCUT2D eigenvalue weighted by Gasteiger charge is 2.30. The summed E-state index contributed by atoms with van der Waals surface area (Å²) in [6.07, 6.45) is 0.518. The zero-order valence-electron chi connectivity index (χ0n) is 19.0. The molecule has 0 spiro atoms. The van der Waals surface area contributed by atoms with Crippen molar-refractivity contribution < 1.29 is 14.3 Å². The highest BCUT2D eigenvalue weighted by molar-refractivity contribution is 5.88. The van der Waals surface area contributed by atoms with E-state index in [-0.39, 0.29) is 24.0 Å². The van der Waals surface area contributed by atoms with Gasteiger partial charge in [-0.1, -0.05) is 48.9 Å². The summed E-state index contributed by atoms with van der Waals surface area (Å²) >= 11 is 0. The molecule has 2 aromatic rings. The second kappa shape index (κ2) is 10.3. The molecule has 0 saturated carbocycles. The molecule has 30 heavy (non-hydrogen) atoms. The molecular formula is C25H34N2O3. The summed E-state index contributed by atoms with van der Waals surface area (Å²) in [5.74, 6) is 0.279. The van der Waals surface area contributed by atoms with Crippen LogP contribution in [0.5, 0.6) is 5.75 Å². The molecule has 0 saturated heterocycles. The Bertz CT molecular complexity index is 871. The Morgan fingerprint density at radius 1 is 1.03 bits per heavy atom. The van der Waals surface area contributed by atoms with Gasteiger partial charge in [-0.2, -0.15) is 0 Å². The van der Waals surface area contributed by atoms with Gasteiger partial charge in [-0.05, 0) is 64.3 Å². The van der Waals surface area contributed by atoms with E-state index >= 15 is 0 Å². The quantitative estimate of drug-likeness (QED) is 0.701. The second-order valence-electron chi connectivity index (χ2n) is 8.78. The third-order valence-electron chi connectivity index (χ3n) is 4.67. The van der Waals surface area contributed by atoms with Gasteiger partial charge in [0.1, 0.15) is 11.8 Å². The van der Waals surface area contributed by atoms with Crippen LogP contribution in [-0.2, 0) is 16.1 Å². The van der Waals surface area contributed by atoms with Gasteiger partial charge in [0.15, 0.2) is 6.61 Å². The normalized spacial score (nSPS) is 12.2. The second-order valence-corrected chi connectivity index (χ2v) is 8.78. The van der Waals surface area contributed by atoms with Crippen molar-refractivity contribution in [1.82, 2.24) is 10.2 Å². The van der Waals surface area contributed by atoms with Crippen molar-refractivity contribution in [1.29, 1.82) is 0 Å². The maximum atomic E-state index is 13.2. The van der Waals surface area contributed by atoms with Crippen molar-refractivity contribution in [3.05, 3.63) is 65.2 Å². The lowest BCUT2D eigenvalue weighted by molar-refractivity contribution is -0.143. The lowest BCUT2D eigenvalue weighted by Crippen LogP contribution is -2.54. The largest absolute Gasteiger partial charge is 0.484 e. The number of nitrogens with one attached hydrogen (secondary N) is 1. The fraction of sp³-hybridized carbons (Fsp3) is 0.440. The Hall–Kier alpha value is -2.82. The third kappa shape index (κ3) is 7.21. The number of rotatable bonds is 8. The molecule has 0 aromatic heterocycles. The summed E-state index contributed by atoms with van der Waals surface area (Å²) in [5, 5.41) is 3.01. The Morgan fingerprint density at radius 2 is 1.67 bits per heavy atom. The fourth-order valence-electron chi connectivity index (χ4n) is 3.31. The van der Waals surface area contributed by atoms with Gasteiger partial charge in [0, 0.05) is 12.1 Å². The zero-order valence-corrected chi connectivity index (χ0v) is 19.0. The van der Waals surface area contributed by atoms with E-state index < -0.39 is 6.04 Å². The number of carbonyl (C=O) groups is 2. The van der Waals surface area contributed by atoms with E-state index in [0.717, 1.165) is 16.7 Å². The first-order chi connectivity index (χ1) is 14.1. The van der Waals surface area contributed by atoms with Gasteiger partial charge >= 0.3 is 0 Å². The monoisotopic (exact) mass is 410 g/mol. The highest BCUT2D eigenvalue weighted by Crippen LogP contribution is 2.17. The molecule has 0 bridgehead atoms. The average Bonchev–Trinajstić information content (AvgIpc) is 2.64. The van der Waals surface area contributed by atoms with Gasteiger partial charge in [0.25, 0.3) is 5.91 Å². The fourth-order valence-corrected chi connectivity index (χ4v) is 3.31. The van der Waals surface area contributed by atoms with E-state index in [9.17, 15) is 9.59 Å². The summed E-state index contributed by atoms with van der Waals surface area (Å²) in [6, 6.07) is 15.0. The van der Waals surface area contributed by atoms with Gasteiger partial charge in [-0.25, -0.2) is 0 Å². The standard InChI is InChI=1S/C25H34N2O3/c1-7-22(24(29)26-25(4,5)6)27(16-20-12-8-10-18(2)14-20)23(28)17-30-21-13-9-11-19(3)15-21/h8-15,22H,7,16-17H2,1-6H3,(H,26,29). The molecule has 1 atom stereocenters. The third-order valence-corrected chi connectivity index (χ3v) is 4.67. The molecule has 2 amide bonds. The first-order valence-corrected chi connectivity index (χ1v) is 10.5. The van der Waals surface area contributed by atoms with Crippen LogP contribution in [-0.4, -0.2) is 34.9 Å². The molecule has 0 aliphatic heterocycles. The minimum absolute atomic E-state index is 0.117. The van der Waals surface area contributed by atoms with Gasteiger partial charge < -0.3 is 15.0 Å². The summed E-state index contributed by atoms with van der Waals surface area (Å²) < 4.78 is 5.74. The van der Waals surface area contributed by atoms with E-state index in [1.807, 2.05) is 90.1 Å². The Kier molecular flexibility index (Phi) is 8.04. The summed E-state index contributed by atoms with van der Waals surface area (Å²) in [6.45, 7) is 12.0. The van der Waals surface area contributed by atoms with E-state index in [1.165, 1.54) is 0 Å². The molecule has 2 rings (SSSR count). The van der Waals surface area contributed by atoms with Crippen LogP contribution in [0, 0.1) is 13.8 Å². The van der Waals surface area contributed by atoms with E-state index in [2.05, 4.69) is 5.32 Å². The molecule has 0 radical (unpaired) electrons.